The number of ether oxygens (including phenoxy) is 1. The average Bonchev–Trinajstić information content (AvgIpc) is 3.00. The second-order valence-electron chi connectivity index (χ2n) is 4.19. The van der Waals surface area contributed by atoms with Gasteiger partial charge in [0.15, 0.2) is 5.78 Å². The Labute approximate surface area is 89.5 Å². The van der Waals surface area contributed by atoms with Gasteiger partial charge in [0.2, 0.25) is 5.88 Å². The average molecular weight is 205 g/mol. The van der Waals surface area contributed by atoms with Crippen LogP contribution in [0, 0.1) is 5.92 Å². The van der Waals surface area contributed by atoms with Gasteiger partial charge in [0, 0.05) is 23.7 Å². The molecule has 1 saturated carbocycles. The zero-order chi connectivity index (χ0) is 10.8. The Morgan fingerprint density at radius 1 is 1.47 bits per heavy atom. The molecule has 2 rings (SSSR count). The smallest absolute Gasteiger partial charge is 0.213 e. The highest BCUT2D eigenvalue weighted by Gasteiger charge is 2.30. The molecule has 1 aromatic rings. The summed E-state index contributed by atoms with van der Waals surface area (Å²) >= 11 is 0. The van der Waals surface area contributed by atoms with E-state index in [9.17, 15) is 4.79 Å². The highest BCUT2D eigenvalue weighted by atomic mass is 16.5. The van der Waals surface area contributed by atoms with Gasteiger partial charge in [-0.15, -0.1) is 0 Å². The first-order chi connectivity index (χ1) is 7.16. The maximum absolute atomic E-state index is 11.7. The summed E-state index contributed by atoms with van der Waals surface area (Å²) in [7, 11) is 0. The fraction of sp³-hybridized carbons (Fsp3) is 0.500. The number of carbonyl (C=O) groups is 1. The number of pyridine rings is 1. The number of hydrogen-bond acceptors (Lipinski definition) is 3. The fourth-order valence-electron chi connectivity index (χ4n) is 1.42. The van der Waals surface area contributed by atoms with Crippen LogP contribution in [0.3, 0.4) is 0 Å². The van der Waals surface area contributed by atoms with E-state index < -0.39 is 0 Å². The second-order valence-corrected chi connectivity index (χ2v) is 4.19. The second kappa shape index (κ2) is 4.01. The summed E-state index contributed by atoms with van der Waals surface area (Å²) in [5.74, 6) is 1.06. The number of aromatic nitrogens is 1. The van der Waals surface area contributed by atoms with Crippen LogP contribution in [-0.4, -0.2) is 16.9 Å². The number of hydrogen-bond donors (Lipinski definition) is 0. The van der Waals surface area contributed by atoms with Crippen molar-refractivity contribution in [3.63, 3.8) is 0 Å². The lowest BCUT2D eigenvalue weighted by Crippen LogP contribution is -2.08. The van der Waals surface area contributed by atoms with Gasteiger partial charge < -0.3 is 4.74 Å². The molecular weight excluding hydrogens is 190 g/mol. The molecule has 1 heterocycles. The first-order valence-electron chi connectivity index (χ1n) is 5.33. The number of rotatable bonds is 4. The molecule has 0 N–H and O–H groups in total. The minimum Gasteiger partial charge on any atom is -0.475 e. The van der Waals surface area contributed by atoms with Crippen molar-refractivity contribution in [2.75, 3.05) is 0 Å². The summed E-state index contributed by atoms with van der Waals surface area (Å²) in [4.78, 5) is 15.8. The number of Topliss-reactive ketones (excluding diaryl/α,β-unsaturated/α-hetero) is 1. The Morgan fingerprint density at radius 3 is 2.67 bits per heavy atom. The van der Waals surface area contributed by atoms with Gasteiger partial charge in [-0.1, -0.05) is 0 Å². The van der Waals surface area contributed by atoms with E-state index in [2.05, 4.69) is 4.98 Å². The summed E-state index contributed by atoms with van der Waals surface area (Å²) in [6, 6.07) is 3.56. The Balaban J connectivity index is 2.06. The SMILES string of the molecule is CC(C)Oc1ccc(C(=O)C2CC2)cn1. The molecule has 0 amide bonds. The molecule has 0 aromatic carbocycles. The van der Waals surface area contributed by atoms with Crippen LogP contribution in [0.2, 0.25) is 0 Å². The molecule has 0 saturated heterocycles. The third kappa shape index (κ3) is 2.55. The third-order valence-electron chi connectivity index (χ3n) is 2.33. The standard InChI is InChI=1S/C12H15NO2/c1-8(2)15-11-6-5-10(7-13-11)12(14)9-3-4-9/h5-9H,3-4H2,1-2H3. The van der Waals surface area contributed by atoms with E-state index in [-0.39, 0.29) is 17.8 Å². The highest BCUT2D eigenvalue weighted by Crippen LogP contribution is 2.32. The number of ketones is 1. The predicted molar refractivity (Wildman–Crippen MR) is 57.1 cm³/mol. The lowest BCUT2D eigenvalue weighted by molar-refractivity contribution is 0.0967. The van der Waals surface area contributed by atoms with Gasteiger partial charge in [-0.05, 0) is 32.8 Å². The minimum atomic E-state index is 0.113. The summed E-state index contributed by atoms with van der Waals surface area (Å²) in [6.07, 6.45) is 3.78. The third-order valence-corrected chi connectivity index (χ3v) is 2.33. The summed E-state index contributed by atoms with van der Waals surface area (Å²) in [5.41, 5.74) is 0.702. The normalized spacial score (nSPS) is 15.4. The van der Waals surface area contributed by atoms with E-state index in [0.29, 0.717) is 11.4 Å². The van der Waals surface area contributed by atoms with Crippen LogP contribution in [0.25, 0.3) is 0 Å². The summed E-state index contributed by atoms with van der Waals surface area (Å²) < 4.78 is 5.40. The topological polar surface area (TPSA) is 39.2 Å². The molecule has 80 valence electrons. The molecule has 0 atom stereocenters. The number of nitrogens with zero attached hydrogens (tertiary/aromatic N) is 1. The van der Waals surface area contributed by atoms with Gasteiger partial charge >= 0.3 is 0 Å². The zero-order valence-corrected chi connectivity index (χ0v) is 9.06. The molecule has 0 spiro atoms. The Morgan fingerprint density at radius 2 is 2.20 bits per heavy atom. The van der Waals surface area contributed by atoms with Crippen molar-refractivity contribution in [1.82, 2.24) is 4.98 Å². The quantitative estimate of drug-likeness (QED) is 0.709. The summed E-state index contributed by atoms with van der Waals surface area (Å²) in [6.45, 7) is 3.90. The van der Waals surface area contributed by atoms with Crippen LogP contribution in [0.4, 0.5) is 0 Å². The van der Waals surface area contributed by atoms with Crippen molar-refractivity contribution in [2.24, 2.45) is 5.92 Å². The van der Waals surface area contributed by atoms with Crippen molar-refractivity contribution in [1.29, 1.82) is 0 Å². The van der Waals surface area contributed by atoms with Gasteiger partial charge in [0.25, 0.3) is 0 Å². The molecule has 1 aliphatic rings. The van der Waals surface area contributed by atoms with Crippen LogP contribution >= 0.6 is 0 Å². The van der Waals surface area contributed by atoms with Crippen LogP contribution in [0.1, 0.15) is 37.0 Å². The van der Waals surface area contributed by atoms with Crippen molar-refractivity contribution in [3.8, 4) is 5.88 Å². The fourth-order valence-corrected chi connectivity index (χ4v) is 1.42. The van der Waals surface area contributed by atoms with Crippen LogP contribution < -0.4 is 4.74 Å². The monoisotopic (exact) mass is 205 g/mol. The van der Waals surface area contributed by atoms with E-state index in [0.717, 1.165) is 12.8 Å². The largest absolute Gasteiger partial charge is 0.475 e. The molecule has 0 radical (unpaired) electrons. The lowest BCUT2D eigenvalue weighted by atomic mass is 10.1. The zero-order valence-electron chi connectivity index (χ0n) is 9.06. The van der Waals surface area contributed by atoms with Gasteiger partial charge in [-0.3, -0.25) is 4.79 Å². The molecule has 0 unspecified atom stereocenters. The molecule has 0 aliphatic heterocycles. The van der Waals surface area contributed by atoms with E-state index in [1.807, 2.05) is 13.8 Å². The van der Waals surface area contributed by atoms with Gasteiger partial charge in [-0.2, -0.15) is 0 Å². The number of carbonyl (C=O) groups excluding carboxylic acids is 1. The Bertz CT molecular complexity index is 352. The van der Waals surface area contributed by atoms with Crippen molar-refractivity contribution in [2.45, 2.75) is 32.8 Å². The van der Waals surface area contributed by atoms with E-state index in [1.165, 1.54) is 0 Å². The molecular formula is C12H15NO2. The maximum atomic E-state index is 11.7. The predicted octanol–water partition coefficient (Wildman–Crippen LogP) is 2.46. The van der Waals surface area contributed by atoms with Gasteiger partial charge in [0.1, 0.15) is 0 Å². The van der Waals surface area contributed by atoms with Crippen LogP contribution in [0.15, 0.2) is 18.3 Å². The highest BCUT2D eigenvalue weighted by molar-refractivity contribution is 5.99. The summed E-state index contributed by atoms with van der Waals surface area (Å²) in [5, 5.41) is 0. The Kier molecular flexibility index (Phi) is 2.71. The van der Waals surface area contributed by atoms with Crippen LogP contribution in [-0.2, 0) is 0 Å². The molecule has 3 heteroatoms. The molecule has 1 aromatic heterocycles. The van der Waals surface area contributed by atoms with Crippen molar-refractivity contribution >= 4 is 5.78 Å². The van der Waals surface area contributed by atoms with Gasteiger partial charge in [-0.25, -0.2) is 4.98 Å². The van der Waals surface area contributed by atoms with E-state index >= 15 is 0 Å². The first-order valence-corrected chi connectivity index (χ1v) is 5.33. The van der Waals surface area contributed by atoms with E-state index in [1.54, 1.807) is 18.3 Å². The van der Waals surface area contributed by atoms with Crippen LogP contribution in [0.5, 0.6) is 5.88 Å². The molecule has 0 bridgehead atoms. The first kappa shape index (κ1) is 10.1. The van der Waals surface area contributed by atoms with E-state index in [4.69, 9.17) is 4.74 Å². The Hall–Kier alpha value is -1.38. The molecule has 1 fully saturated rings. The minimum absolute atomic E-state index is 0.113. The van der Waals surface area contributed by atoms with Crippen molar-refractivity contribution < 1.29 is 9.53 Å². The maximum Gasteiger partial charge on any atom is 0.213 e. The molecule has 15 heavy (non-hydrogen) atoms. The van der Waals surface area contributed by atoms with Gasteiger partial charge in [0.05, 0.1) is 6.10 Å². The molecule has 3 nitrogen and oxygen atoms in total. The lowest BCUT2D eigenvalue weighted by Gasteiger charge is -2.08. The molecule has 1 aliphatic carbocycles. The van der Waals surface area contributed by atoms with Crippen molar-refractivity contribution in [3.05, 3.63) is 23.9 Å².